The summed E-state index contributed by atoms with van der Waals surface area (Å²) in [6, 6.07) is 0. The molecule has 0 radical (unpaired) electrons. The first kappa shape index (κ1) is 17.1. The van der Waals surface area contributed by atoms with Crippen LogP contribution in [0.25, 0.3) is 0 Å². The first-order valence-corrected chi connectivity index (χ1v) is 7.74. The Morgan fingerprint density at radius 2 is 1.32 bits per heavy atom. The third-order valence-corrected chi connectivity index (χ3v) is 4.25. The van der Waals surface area contributed by atoms with E-state index in [0.29, 0.717) is 25.9 Å². The first-order chi connectivity index (χ1) is 10.7. The number of hydrogen-bond donors (Lipinski definition) is 2. The van der Waals surface area contributed by atoms with Crippen molar-refractivity contribution in [1.82, 2.24) is 20.4 Å². The van der Waals surface area contributed by atoms with Gasteiger partial charge in [-0.15, -0.1) is 0 Å². The quantitative estimate of drug-likeness (QED) is 0.578. The van der Waals surface area contributed by atoms with Crippen LogP contribution in [0.4, 0.5) is 0 Å². The zero-order valence-corrected chi connectivity index (χ0v) is 13.3. The van der Waals surface area contributed by atoms with Crippen LogP contribution in [-0.2, 0) is 19.1 Å². The fourth-order valence-electron chi connectivity index (χ4n) is 3.05. The molecule has 0 amide bonds. The first-order valence-electron chi connectivity index (χ1n) is 7.74. The van der Waals surface area contributed by atoms with Crippen LogP contribution < -0.4 is 10.6 Å². The van der Waals surface area contributed by atoms with Gasteiger partial charge in [-0.25, -0.2) is 0 Å². The lowest BCUT2D eigenvalue weighted by atomic mass is 10.1. The molecule has 2 aliphatic heterocycles. The highest BCUT2D eigenvalue weighted by molar-refractivity contribution is 5.69. The molecular weight excluding hydrogens is 288 g/mol. The number of rotatable bonds is 6. The summed E-state index contributed by atoms with van der Waals surface area (Å²) >= 11 is 0. The van der Waals surface area contributed by atoms with E-state index in [1.54, 1.807) is 0 Å². The predicted molar refractivity (Wildman–Crippen MR) is 80.0 cm³/mol. The van der Waals surface area contributed by atoms with Crippen molar-refractivity contribution in [3.8, 4) is 0 Å². The van der Waals surface area contributed by atoms with E-state index in [0.717, 1.165) is 26.2 Å². The summed E-state index contributed by atoms with van der Waals surface area (Å²) in [7, 11) is 2.83. The molecule has 8 heteroatoms. The molecule has 2 heterocycles. The van der Waals surface area contributed by atoms with Gasteiger partial charge in [-0.05, 0) is 0 Å². The fourth-order valence-corrected chi connectivity index (χ4v) is 3.05. The van der Waals surface area contributed by atoms with Gasteiger partial charge in [-0.3, -0.25) is 30.0 Å². The maximum absolute atomic E-state index is 11.3. The van der Waals surface area contributed by atoms with Crippen molar-refractivity contribution in [1.29, 1.82) is 0 Å². The van der Waals surface area contributed by atoms with Gasteiger partial charge in [0.2, 0.25) is 0 Å². The van der Waals surface area contributed by atoms with Gasteiger partial charge in [0.25, 0.3) is 0 Å². The predicted octanol–water partition coefficient (Wildman–Crippen LogP) is -1.42. The Labute approximate surface area is 131 Å². The second kappa shape index (κ2) is 8.42. The third-order valence-electron chi connectivity index (χ3n) is 4.25. The molecule has 2 aliphatic rings. The van der Waals surface area contributed by atoms with Crippen LogP contribution in [0.2, 0.25) is 0 Å². The highest BCUT2D eigenvalue weighted by atomic mass is 16.5. The van der Waals surface area contributed by atoms with Crippen LogP contribution in [0.15, 0.2) is 0 Å². The summed E-state index contributed by atoms with van der Waals surface area (Å²) in [6.45, 7) is 4.84. The number of ether oxygens (including phenoxy) is 2. The number of carbonyl (C=O) groups excluding carboxylic acids is 2. The van der Waals surface area contributed by atoms with E-state index >= 15 is 0 Å². The Balaban J connectivity index is 1.90. The van der Waals surface area contributed by atoms with Crippen molar-refractivity contribution < 1.29 is 19.1 Å². The molecule has 0 aromatic heterocycles. The van der Waals surface area contributed by atoms with E-state index < -0.39 is 0 Å². The van der Waals surface area contributed by atoms with Gasteiger partial charge < -0.3 is 9.47 Å². The number of piperazine rings is 2. The van der Waals surface area contributed by atoms with Crippen molar-refractivity contribution in [2.75, 3.05) is 53.5 Å². The number of fused-ring (bicyclic) bond motifs is 1. The van der Waals surface area contributed by atoms with Crippen LogP contribution in [0.3, 0.4) is 0 Å². The Morgan fingerprint density at radius 3 is 1.68 bits per heavy atom. The van der Waals surface area contributed by atoms with Gasteiger partial charge in [0.05, 0.1) is 39.4 Å². The summed E-state index contributed by atoms with van der Waals surface area (Å²) in [5.74, 6) is -0.373. The molecule has 22 heavy (non-hydrogen) atoms. The number of esters is 2. The number of nitrogens with zero attached hydrogens (tertiary/aromatic N) is 2. The van der Waals surface area contributed by atoms with Gasteiger partial charge in [0, 0.05) is 39.3 Å². The second-order valence-corrected chi connectivity index (χ2v) is 5.52. The maximum Gasteiger partial charge on any atom is 0.306 e. The third kappa shape index (κ3) is 4.39. The topological polar surface area (TPSA) is 83.1 Å². The van der Waals surface area contributed by atoms with E-state index in [4.69, 9.17) is 9.47 Å². The van der Waals surface area contributed by atoms with Gasteiger partial charge in [0.1, 0.15) is 0 Å². The number of carbonyl (C=O) groups is 2. The van der Waals surface area contributed by atoms with E-state index in [9.17, 15) is 9.59 Å². The average molecular weight is 314 g/mol. The normalized spacial score (nSPS) is 26.3. The molecule has 2 unspecified atom stereocenters. The van der Waals surface area contributed by atoms with Gasteiger partial charge in [-0.2, -0.15) is 0 Å². The zero-order valence-electron chi connectivity index (χ0n) is 13.3. The minimum Gasteiger partial charge on any atom is -0.469 e. The number of hydrogen-bond acceptors (Lipinski definition) is 8. The van der Waals surface area contributed by atoms with Crippen molar-refractivity contribution >= 4 is 11.9 Å². The highest BCUT2D eigenvalue weighted by Gasteiger charge is 2.37. The van der Waals surface area contributed by atoms with E-state index in [2.05, 4.69) is 20.4 Å². The molecule has 0 aromatic rings. The monoisotopic (exact) mass is 314 g/mol. The highest BCUT2D eigenvalue weighted by Crippen LogP contribution is 2.15. The van der Waals surface area contributed by atoms with Crippen molar-refractivity contribution in [2.24, 2.45) is 0 Å². The lowest BCUT2D eigenvalue weighted by Crippen LogP contribution is -2.72. The number of nitrogens with one attached hydrogen (secondary N) is 2. The van der Waals surface area contributed by atoms with E-state index in [-0.39, 0.29) is 24.3 Å². The Kier molecular flexibility index (Phi) is 6.56. The summed E-state index contributed by atoms with van der Waals surface area (Å²) in [4.78, 5) is 27.2. The molecular formula is C14H26N4O4. The van der Waals surface area contributed by atoms with Crippen LogP contribution in [0.5, 0.6) is 0 Å². The van der Waals surface area contributed by atoms with Crippen molar-refractivity contribution in [3.63, 3.8) is 0 Å². The average Bonchev–Trinajstić information content (AvgIpc) is 2.57. The largest absolute Gasteiger partial charge is 0.469 e. The van der Waals surface area contributed by atoms with E-state index in [1.807, 2.05) is 0 Å². The van der Waals surface area contributed by atoms with Crippen LogP contribution in [0, 0.1) is 0 Å². The summed E-state index contributed by atoms with van der Waals surface area (Å²) < 4.78 is 9.42. The molecule has 2 fully saturated rings. The maximum atomic E-state index is 11.3. The molecule has 8 nitrogen and oxygen atoms in total. The molecule has 0 aliphatic carbocycles. The zero-order chi connectivity index (χ0) is 15.9. The minimum atomic E-state index is -0.187. The molecule has 0 aromatic carbocycles. The lowest BCUT2D eigenvalue weighted by molar-refractivity contribution is -0.143. The second-order valence-electron chi connectivity index (χ2n) is 5.52. The standard InChI is InChI=1S/C14H26N4O4/c1-21-11(19)3-7-17-9-5-16-14-13(17)15-6-10-18(14)8-4-12(20)22-2/h13-16H,3-10H2,1-2H3. The Hall–Kier alpha value is -1.22. The summed E-state index contributed by atoms with van der Waals surface area (Å²) in [5, 5.41) is 7.00. The molecule has 126 valence electrons. The molecule has 2 saturated heterocycles. The fraction of sp³-hybridized carbons (Fsp3) is 0.857. The van der Waals surface area contributed by atoms with Gasteiger partial charge in [-0.1, -0.05) is 0 Å². The van der Waals surface area contributed by atoms with Crippen molar-refractivity contribution in [2.45, 2.75) is 25.2 Å². The summed E-state index contributed by atoms with van der Waals surface area (Å²) in [6.07, 6.45) is 1.07. The van der Waals surface area contributed by atoms with Gasteiger partial charge in [0.15, 0.2) is 0 Å². The number of methoxy groups -OCH3 is 2. The Morgan fingerprint density at radius 1 is 0.909 bits per heavy atom. The summed E-state index contributed by atoms with van der Waals surface area (Å²) in [5.41, 5.74) is 0. The van der Waals surface area contributed by atoms with Crippen LogP contribution >= 0.6 is 0 Å². The Bertz CT molecular complexity index is 357. The SMILES string of the molecule is COC(=O)CCN1CCNC2C1NCCN2CCC(=O)OC. The molecule has 2 N–H and O–H groups in total. The van der Waals surface area contributed by atoms with E-state index in [1.165, 1.54) is 14.2 Å². The molecule has 2 atom stereocenters. The van der Waals surface area contributed by atoms with Gasteiger partial charge >= 0.3 is 11.9 Å². The molecule has 0 bridgehead atoms. The van der Waals surface area contributed by atoms with Crippen LogP contribution in [-0.4, -0.2) is 87.6 Å². The minimum absolute atomic E-state index is 0.143. The molecule has 2 rings (SSSR count). The lowest BCUT2D eigenvalue weighted by Gasteiger charge is -2.50. The smallest absolute Gasteiger partial charge is 0.306 e. The van der Waals surface area contributed by atoms with Crippen LogP contribution in [0.1, 0.15) is 12.8 Å². The molecule has 0 saturated carbocycles. The molecule has 0 spiro atoms. The van der Waals surface area contributed by atoms with Crippen molar-refractivity contribution in [3.05, 3.63) is 0 Å².